The summed E-state index contributed by atoms with van der Waals surface area (Å²) in [5, 5.41) is 19.1. The molecule has 2 aromatic rings. The average Bonchev–Trinajstić information content (AvgIpc) is 2.79. The van der Waals surface area contributed by atoms with Crippen LogP contribution in [0.15, 0.2) is 59.8 Å². The lowest BCUT2D eigenvalue weighted by atomic mass is 9.94. The third-order valence-electron chi connectivity index (χ3n) is 5.43. The number of hydrogen-bond acceptors (Lipinski definition) is 6. The molecule has 10 heteroatoms. The highest BCUT2D eigenvalue weighted by Gasteiger charge is 2.31. The van der Waals surface area contributed by atoms with Gasteiger partial charge in [-0.1, -0.05) is 18.2 Å². The van der Waals surface area contributed by atoms with Gasteiger partial charge in [0.1, 0.15) is 0 Å². The van der Waals surface area contributed by atoms with Crippen molar-refractivity contribution < 1.29 is 19.2 Å². The average molecular weight is 437 g/mol. The molecule has 0 aromatic heterocycles. The van der Waals surface area contributed by atoms with Crippen molar-refractivity contribution in [3.05, 3.63) is 75.5 Å². The van der Waals surface area contributed by atoms with Crippen LogP contribution in [0, 0.1) is 10.1 Å². The topological polar surface area (TPSA) is 126 Å². The molecule has 0 spiro atoms. The van der Waals surface area contributed by atoms with Gasteiger partial charge in [-0.25, -0.2) is 4.79 Å². The van der Waals surface area contributed by atoms with Crippen molar-refractivity contribution in [1.29, 1.82) is 0 Å². The molecule has 4 rings (SSSR count). The fourth-order valence-corrected chi connectivity index (χ4v) is 3.84. The number of ether oxygens (including phenoxy) is 1. The van der Waals surface area contributed by atoms with Crippen LogP contribution in [0.1, 0.15) is 18.5 Å². The fraction of sp³-hybridized carbons (Fsp3) is 0.273. The highest BCUT2D eigenvalue weighted by molar-refractivity contribution is 6.06. The highest BCUT2D eigenvalue weighted by atomic mass is 16.6. The van der Waals surface area contributed by atoms with E-state index in [4.69, 9.17) is 4.74 Å². The number of carbonyl (C=O) groups excluding carboxylic acids is 2. The Hall–Kier alpha value is -3.92. The van der Waals surface area contributed by atoms with Crippen molar-refractivity contribution in [1.82, 2.24) is 10.6 Å². The van der Waals surface area contributed by atoms with Gasteiger partial charge in [-0.3, -0.25) is 14.9 Å². The summed E-state index contributed by atoms with van der Waals surface area (Å²) in [4.78, 5) is 38.0. The molecule has 10 nitrogen and oxygen atoms in total. The number of nitro groups is 1. The SMILES string of the molecule is CC1=C(C(=O)Nc2cccc([N+](=O)[O-])c2)[C@H](c2ccc(N3CCOCC3)cc2)NC(=O)N1. The molecule has 0 saturated carbocycles. The number of nitro benzene ring substituents is 1. The minimum atomic E-state index is -0.666. The first-order chi connectivity index (χ1) is 15.4. The second-order valence-electron chi connectivity index (χ2n) is 7.52. The predicted molar refractivity (Wildman–Crippen MR) is 118 cm³/mol. The maximum Gasteiger partial charge on any atom is 0.319 e. The van der Waals surface area contributed by atoms with Crippen molar-refractivity contribution in [3.8, 4) is 0 Å². The van der Waals surface area contributed by atoms with E-state index in [2.05, 4.69) is 20.9 Å². The van der Waals surface area contributed by atoms with Gasteiger partial charge in [-0.2, -0.15) is 0 Å². The molecule has 166 valence electrons. The molecular formula is C22H23N5O5. The zero-order valence-electron chi connectivity index (χ0n) is 17.5. The highest BCUT2D eigenvalue weighted by Crippen LogP contribution is 2.30. The van der Waals surface area contributed by atoms with E-state index in [1.165, 1.54) is 18.2 Å². The van der Waals surface area contributed by atoms with Gasteiger partial charge in [0.15, 0.2) is 0 Å². The van der Waals surface area contributed by atoms with Crippen molar-refractivity contribution in [2.75, 3.05) is 36.5 Å². The van der Waals surface area contributed by atoms with E-state index in [9.17, 15) is 19.7 Å². The predicted octanol–water partition coefficient (Wildman–Crippen LogP) is 2.70. The molecule has 1 fully saturated rings. The number of benzene rings is 2. The second kappa shape index (κ2) is 9.06. The molecule has 0 unspecified atom stereocenters. The van der Waals surface area contributed by atoms with Crippen LogP contribution in [0.25, 0.3) is 0 Å². The van der Waals surface area contributed by atoms with E-state index in [0.29, 0.717) is 30.2 Å². The number of allylic oxidation sites excluding steroid dienone is 1. The summed E-state index contributed by atoms with van der Waals surface area (Å²) in [7, 11) is 0. The van der Waals surface area contributed by atoms with Gasteiger partial charge in [0, 0.05) is 42.3 Å². The number of non-ortho nitro benzene ring substituents is 1. The first-order valence-corrected chi connectivity index (χ1v) is 10.2. The third kappa shape index (κ3) is 4.54. The molecule has 1 saturated heterocycles. The van der Waals surface area contributed by atoms with Gasteiger partial charge in [-0.05, 0) is 30.7 Å². The number of hydrogen-bond donors (Lipinski definition) is 3. The van der Waals surface area contributed by atoms with Crippen molar-refractivity contribution in [2.45, 2.75) is 13.0 Å². The Kier molecular flexibility index (Phi) is 6.04. The summed E-state index contributed by atoms with van der Waals surface area (Å²) >= 11 is 0. The third-order valence-corrected chi connectivity index (χ3v) is 5.43. The normalized spacial score (nSPS) is 18.6. The van der Waals surface area contributed by atoms with Crippen LogP contribution < -0.4 is 20.9 Å². The Bertz CT molecular complexity index is 1080. The maximum atomic E-state index is 13.1. The largest absolute Gasteiger partial charge is 0.378 e. The fourth-order valence-electron chi connectivity index (χ4n) is 3.84. The van der Waals surface area contributed by atoms with Crippen LogP contribution in [0.3, 0.4) is 0 Å². The smallest absolute Gasteiger partial charge is 0.319 e. The molecule has 2 aromatic carbocycles. The van der Waals surface area contributed by atoms with Crippen molar-refractivity contribution >= 4 is 29.0 Å². The Morgan fingerprint density at radius 3 is 2.59 bits per heavy atom. The molecule has 2 aliphatic rings. The van der Waals surface area contributed by atoms with E-state index in [1.54, 1.807) is 13.0 Å². The van der Waals surface area contributed by atoms with Crippen LogP contribution in [-0.4, -0.2) is 43.2 Å². The van der Waals surface area contributed by atoms with E-state index in [0.717, 1.165) is 24.3 Å². The molecule has 3 N–H and O–H groups in total. The summed E-state index contributed by atoms with van der Waals surface area (Å²) < 4.78 is 5.39. The number of rotatable bonds is 5. The Balaban J connectivity index is 1.58. The lowest BCUT2D eigenvalue weighted by Gasteiger charge is -2.31. The standard InChI is InChI=1S/C22H23N5O5/c1-14-19(21(28)24-16-3-2-4-18(13-16)27(30)31)20(25-22(29)23-14)15-5-7-17(8-6-15)26-9-11-32-12-10-26/h2-8,13,20H,9-12H2,1H3,(H,24,28)(H2,23,25,29)/t20-/m0/s1. The molecule has 0 aliphatic carbocycles. The number of urea groups is 1. The summed E-state index contributed by atoms with van der Waals surface area (Å²) in [6.07, 6.45) is 0. The quantitative estimate of drug-likeness (QED) is 0.488. The number of anilines is 2. The first kappa shape index (κ1) is 21.3. The Morgan fingerprint density at radius 2 is 1.91 bits per heavy atom. The minimum absolute atomic E-state index is 0.126. The molecule has 3 amide bonds. The van der Waals surface area contributed by atoms with Crippen molar-refractivity contribution in [3.63, 3.8) is 0 Å². The number of nitrogens with one attached hydrogen (secondary N) is 3. The van der Waals surface area contributed by atoms with Gasteiger partial charge < -0.3 is 25.6 Å². The first-order valence-electron chi connectivity index (χ1n) is 10.2. The Labute approximate surface area is 184 Å². The van der Waals surface area contributed by atoms with E-state index < -0.39 is 22.9 Å². The molecule has 2 heterocycles. The number of morpholine rings is 1. The summed E-state index contributed by atoms with van der Waals surface area (Å²) in [6, 6.07) is 12.3. The Morgan fingerprint density at radius 1 is 1.19 bits per heavy atom. The van der Waals surface area contributed by atoms with Gasteiger partial charge in [0.05, 0.1) is 29.8 Å². The van der Waals surface area contributed by atoms with E-state index in [1.807, 2.05) is 24.3 Å². The lowest BCUT2D eigenvalue weighted by Crippen LogP contribution is -2.46. The van der Waals surface area contributed by atoms with E-state index >= 15 is 0 Å². The summed E-state index contributed by atoms with van der Waals surface area (Å²) in [5.41, 5.74) is 2.71. The van der Waals surface area contributed by atoms with Gasteiger partial charge >= 0.3 is 6.03 Å². The van der Waals surface area contributed by atoms with Gasteiger partial charge in [0.2, 0.25) is 0 Å². The molecule has 1 atom stereocenters. The zero-order valence-corrected chi connectivity index (χ0v) is 17.5. The molecule has 2 aliphatic heterocycles. The second-order valence-corrected chi connectivity index (χ2v) is 7.52. The van der Waals surface area contributed by atoms with Crippen LogP contribution >= 0.6 is 0 Å². The van der Waals surface area contributed by atoms with Crippen molar-refractivity contribution in [2.24, 2.45) is 0 Å². The van der Waals surface area contributed by atoms with Crippen LogP contribution in [-0.2, 0) is 9.53 Å². The van der Waals surface area contributed by atoms with Gasteiger partial charge in [0.25, 0.3) is 11.6 Å². The van der Waals surface area contributed by atoms with E-state index in [-0.39, 0.29) is 5.69 Å². The molecular weight excluding hydrogens is 414 g/mol. The zero-order chi connectivity index (χ0) is 22.7. The van der Waals surface area contributed by atoms with Crippen LogP contribution in [0.5, 0.6) is 0 Å². The summed E-state index contributed by atoms with van der Waals surface area (Å²) in [5.74, 6) is -0.460. The van der Waals surface area contributed by atoms with Gasteiger partial charge in [-0.15, -0.1) is 0 Å². The lowest BCUT2D eigenvalue weighted by molar-refractivity contribution is -0.384. The minimum Gasteiger partial charge on any atom is -0.378 e. The van der Waals surface area contributed by atoms with Crippen LogP contribution in [0.4, 0.5) is 21.9 Å². The molecule has 0 bridgehead atoms. The number of amides is 3. The molecule has 32 heavy (non-hydrogen) atoms. The summed E-state index contributed by atoms with van der Waals surface area (Å²) in [6.45, 7) is 4.61. The molecule has 0 radical (unpaired) electrons. The number of carbonyl (C=O) groups is 2. The monoisotopic (exact) mass is 437 g/mol. The number of nitrogens with zero attached hydrogens (tertiary/aromatic N) is 2. The van der Waals surface area contributed by atoms with Crippen LogP contribution in [0.2, 0.25) is 0 Å². The maximum absolute atomic E-state index is 13.1.